The first-order valence-electron chi connectivity index (χ1n) is 12.2. The number of carbonyl (C=O) groups excluding carboxylic acids is 2. The van der Waals surface area contributed by atoms with Crippen molar-refractivity contribution in [3.63, 3.8) is 0 Å². The standard InChI is InChI=1S/C27H32N4O6/c1-17(32)28-15-19-5-7-23-22(13-19)26(34)30(16-20-6-8-24(36-3)25(14-20)37-4)27(35)31(23)21-9-11-29(12-10-21)18(2)33/h5-8,13-14,21H,9-12,15-16H2,1-4H3,(H,28,32). The van der Waals surface area contributed by atoms with E-state index in [9.17, 15) is 19.2 Å². The van der Waals surface area contributed by atoms with Crippen molar-refractivity contribution in [1.82, 2.24) is 19.4 Å². The number of nitrogens with zero attached hydrogens (tertiary/aromatic N) is 3. The molecule has 0 radical (unpaired) electrons. The van der Waals surface area contributed by atoms with Crippen LogP contribution in [0.3, 0.4) is 0 Å². The number of likely N-dealkylation sites (tertiary alicyclic amines) is 1. The van der Waals surface area contributed by atoms with Crippen LogP contribution in [0, 0.1) is 0 Å². The molecule has 2 heterocycles. The molecule has 1 aliphatic heterocycles. The highest BCUT2D eigenvalue weighted by atomic mass is 16.5. The Bertz CT molecular complexity index is 1450. The zero-order valence-electron chi connectivity index (χ0n) is 21.6. The van der Waals surface area contributed by atoms with E-state index >= 15 is 0 Å². The SMILES string of the molecule is COc1ccc(Cn2c(=O)c3cc(CNC(C)=O)ccc3n(C3CCN(C(C)=O)CC3)c2=O)cc1OC. The normalized spacial score (nSPS) is 14.0. The summed E-state index contributed by atoms with van der Waals surface area (Å²) in [7, 11) is 3.07. The maximum Gasteiger partial charge on any atom is 0.332 e. The fraction of sp³-hybridized carbons (Fsp3) is 0.407. The second-order valence-electron chi connectivity index (χ2n) is 9.23. The minimum Gasteiger partial charge on any atom is -0.493 e. The first kappa shape index (κ1) is 26.0. The zero-order valence-corrected chi connectivity index (χ0v) is 21.6. The minimum absolute atomic E-state index is 0.0108. The molecule has 196 valence electrons. The van der Waals surface area contributed by atoms with Crippen LogP contribution < -0.4 is 26.0 Å². The van der Waals surface area contributed by atoms with Gasteiger partial charge in [-0.3, -0.25) is 23.5 Å². The van der Waals surface area contributed by atoms with Gasteiger partial charge in [0.15, 0.2) is 11.5 Å². The molecular weight excluding hydrogens is 476 g/mol. The van der Waals surface area contributed by atoms with E-state index in [-0.39, 0.29) is 30.9 Å². The second kappa shape index (κ2) is 10.9. The molecule has 0 aliphatic carbocycles. The van der Waals surface area contributed by atoms with Crippen molar-refractivity contribution >= 4 is 22.7 Å². The predicted molar refractivity (Wildman–Crippen MR) is 139 cm³/mol. The smallest absolute Gasteiger partial charge is 0.332 e. The number of nitrogens with one attached hydrogen (secondary N) is 1. The van der Waals surface area contributed by atoms with E-state index in [0.717, 1.165) is 5.56 Å². The zero-order chi connectivity index (χ0) is 26.7. The van der Waals surface area contributed by atoms with Gasteiger partial charge in [-0.25, -0.2) is 4.79 Å². The number of carbonyl (C=O) groups is 2. The van der Waals surface area contributed by atoms with Gasteiger partial charge < -0.3 is 19.7 Å². The molecular formula is C27H32N4O6. The van der Waals surface area contributed by atoms with E-state index in [4.69, 9.17) is 9.47 Å². The number of hydrogen-bond donors (Lipinski definition) is 1. The number of rotatable bonds is 7. The lowest BCUT2D eigenvalue weighted by Gasteiger charge is -2.33. The summed E-state index contributed by atoms with van der Waals surface area (Å²) in [5.41, 5.74) is 1.21. The van der Waals surface area contributed by atoms with Crippen molar-refractivity contribution < 1.29 is 19.1 Å². The fourth-order valence-corrected chi connectivity index (χ4v) is 4.86. The number of fused-ring (bicyclic) bond motifs is 1. The van der Waals surface area contributed by atoms with Crippen LogP contribution in [0.25, 0.3) is 10.9 Å². The van der Waals surface area contributed by atoms with Crippen molar-refractivity contribution in [3.8, 4) is 11.5 Å². The van der Waals surface area contributed by atoms with Crippen LogP contribution in [0.2, 0.25) is 0 Å². The highest BCUT2D eigenvalue weighted by molar-refractivity contribution is 5.79. The molecule has 0 unspecified atom stereocenters. The molecule has 0 saturated carbocycles. The molecule has 10 nitrogen and oxygen atoms in total. The van der Waals surface area contributed by atoms with Crippen LogP contribution in [0.4, 0.5) is 0 Å². The highest BCUT2D eigenvalue weighted by Crippen LogP contribution is 2.28. The van der Waals surface area contributed by atoms with Crippen molar-refractivity contribution in [3.05, 3.63) is 68.4 Å². The van der Waals surface area contributed by atoms with Gasteiger partial charge >= 0.3 is 5.69 Å². The summed E-state index contributed by atoms with van der Waals surface area (Å²) in [5.74, 6) is 0.891. The van der Waals surface area contributed by atoms with Gasteiger partial charge in [0.1, 0.15) is 0 Å². The van der Waals surface area contributed by atoms with Crippen molar-refractivity contribution in [2.75, 3.05) is 27.3 Å². The van der Waals surface area contributed by atoms with Crippen molar-refractivity contribution in [2.24, 2.45) is 0 Å². The molecule has 1 fully saturated rings. The summed E-state index contributed by atoms with van der Waals surface area (Å²) in [6.45, 7) is 4.39. The molecule has 3 aromatic rings. The topological polar surface area (TPSA) is 112 Å². The molecule has 2 amide bonds. The third-order valence-electron chi connectivity index (χ3n) is 6.84. The molecule has 4 rings (SSSR count). The van der Waals surface area contributed by atoms with Gasteiger partial charge in [-0.15, -0.1) is 0 Å². The molecule has 1 aromatic heterocycles. The maximum absolute atomic E-state index is 13.8. The quantitative estimate of drug-likeness (QED) is 0.523. The lowest BCUT2D eigenvalue weighted by atomic mass is 10.0. The van der Waals surface area contributed by atoms with Gasteiger partial charge in [-0.1, -0.05) is 12.1 Å². The Morgan fingerprint density at radius 2 is 1.62 bits per heavy atom. The Labute approximate surface area is 214 Å². The third kappa shape index (κ3) is 5.37. The first-order chi connectivity index (χ1) is 17.7. The second-order valence-corrected chi connectivity index (χ2v) is 9.23. The van der Waals surface area contributed by atoms with Gasteiger partial charge in [0.2, 0.25) is 11.8 Å². The van der Waals surface area contributed by atoms with Crippen LogP contribution in [0.1, 0.15) is 43.9 Å². The van der Waals surface area contributed by atoms with Crippen LogP contribution in [0.15, 0.2) is 46.0 Å². The summed E-state index contributed by atoms with van der Waals surface area (Å²) < 4.78 is 13.6. The molecule has 37 heavy (non-hydrogen) atoms. The van der Waals surface area contributed by atoms with E-state index in [1.54, 1.807) is 53.8 Å². The largest absolute Gasteiger partial charge is 0.493 e. The molecule has 10 heteroatoms. The van der Waals surface area contributed by atoms with Gasteiger partial charge in [0.25, 0.3) is 5.56 Å². The maximum atomic E-state index is 13.8. The molecule has 1 aliphatic rings. The molecule has 0 spiro atoms. The van der Waals surface area contributed by atoms with E-state index < -0.39 is 11.2 Å². The number of piperidine rings is 1. The Hall–Kier alpha value is -4.08. The number of methoxy groups -OCH3 is 2. The average Bonchev–Trinajstić information content (AvgIpc) is 2.90. The van der Waals surface area contributed by atoms with Crippen LogP contribution in [0.5, 0.6) is 11.5 Å². The van der Waals surface area contributed by atoms with Gasteiger partial charge in [-0.2, -0.15) is 0 Å². The number of hydrogen-bond acceptors (Lipinski definition) is 6. The number of ether oxygens (including phenoxy) is 2. The summed E-state index contributed by atoms with van der Waals surface area (Å²) in [6.07, 6.45) is 1.22. The van der Waals surface area contributed by atoms with Gasteiger partial charge in [0.05, 0.1) is 31.7 Å². The number of aromatic nitrogens is 2. The molecule has 2 aromatic carbocycles. The number of amides is 2. The fourth-order valence-electron chi connectivity index (χ4n) is 4.86. The van der Waals surface area contributed by atoms with Crippen LogP contribution >= 0.6 is 0 Å². The van der Waals surface area contributed by atoms with Gasteiger partial charge in [0, 0.05) is 39.5 Å². The monoisotopic (exact) mass is 508 g/mol. The molecule has 0 atom stereocenters. The Balaban J connectivity index is 1.84. The van der Waals surface area contributed by atoms with Gasteiger partial charge in [-0.05, 0) is 48.2 Å². The Morgan fingerprint density at radius 3 is 2.24 bits per heavy atom. The van der Waals surface area contributed by atoms with E-state index in [1.165, 1.54) is 18.6 Å². The summed E-state index contributed by atoms with van der Waals surface area (Å²) in [6, 6.07) is 10.4. The lowest BCUT2D eigenvalue weighted by Crippen LogP contribution is -2.45. The number of benzene rings is 2. The molecule has 1 saturated heterocycles. The van der Waals surface area contributed by atoms with E-state index in [1.807, 2.05) is 6.07 Å². The summed E-state index contributed by atoms with van der Waals surface area (Å²) in [5, 5.41) is 3.15. The van der Waals surface area contributed by atoms with E-state index in [0.29, 0.717) is 53.9 Å². The summed E-state index contributed by atoms with van der Waals surface area (Å²) >= 11 is 0. The predicted octanol–water partition coefficient (Wildman–Crippen LogP) is 2.05. The third-order valence-corrected chi connectivity index (χ3v) is 6.84. The minimum atomic E-state index is -0.406. The lowest BCUT2D eigenvalue weighted by molar-refractivity contribution is -0.130. The first-order valence-corrected chi connectivity index (χ1v) is 12.2. The van der Waals surface area contributed by atoms with Crippen LogP contribution in [-0.4, -0.2) is 53.2 Å². The highest BCUT2D eigenvalue weighted by Gasteiger charge is 2.26. The summed E-state index contributed by atoms with van der Waals surface area (Å²) in [4.78, 5) is 52.5. The van der Waals surface area contributed by atoms with E-state index in [2.05, 4.69) is 5.32 Å². The average molecular weight is 509 g/mol. The molecule has 1 N–H and O–H groups in total. The van der Waals surface area contributed by atoms with Crippen LogP contribution in [-0.2, 0) is 22.7 Å². The Morgan fingerprint density at radius 1 is 0.946 bits per heavy atom. The van der Waals surface area contributed by atoms with Crippen molar-refractivity contribution in [1.29, 1.82) is 0 Å². The molecule has 0 bridgehead atoms. The van der Waals surface area contributed by atoms with Crippen molar-refractivity contribution in [2.45, 2.75) is 45.8 Å². The Kier molecular flexibility index (Phi) is 7.66.